The van der Waals surface area contributed by atoms with Crippen LogP contribution >= 0.6 is 0 Å². The van der Waals surface area contributed by atoms with Gasteiger partial charge in [0, 0.05) is 12.2 Å². The Labute approximate surface area is 109 Å². The minimum atomic E-state index is -0.219. The van der Waals surface area contributed by atoms with Gasteiger partial charge < -0.3 is 15.8 Å². The smallest absolute Gasteiger partial charge is 0.250 e. The number of anilines is 1. The van der Waals surface area contributed by atoms with Crippen molar-refractivity contribution in [1.29, 1.82) is 0 Å². The first kappa shape index (κ1) is 13.1. The fraction of sp³-hybridized carbons (Fsp3) is 0.273. The molecular formula is C11H14N6O2. The van der Waals surface area contributed by atoms with E-state index in [-0.39, 0.29) is 12.5 Å². The van der Waals surface area contributed by atoms with Gasteiger partial charge in [-0.15, -0.1) is 5.10 Å². The van der Waals surface area contributed by atoms with Gasteiger partial charge >= 0.3 is 0 Å². The molecule has 0 aliphatic heterocycles. The third-order valence-corrected chi connectivity index (χ3v) is 2.26. The van der Waals surface area contributed by atoms with E-state index in [0.29, 0.717) is 18.8 Å². The Bertz CT molecular complexity index is 510. The molecule has 100 valence electrons. The predicted octanol–water partition coefficient (Wildman–Crippen LogP) is -0.424. The van der Waals surface area contributed by atoms with E-state index in [1.54, 1.807) is 24.3 Å². The van der Waals surface area contributed by atoms with Crippen LogP contribution in [0.15, 0.2) is 30.6 Å². The van der Waals surface area contributed by atoms with Crippen LogP contribution in [0.1, 0.15) is 0 Å². The molecule has 1 aromatic carbocycles. The fourth-order valence-corrected chi connectivity index (χ4v) is 1.42. The van der Waals surface area contributed by atoms with E-state index in [9.17, 15) is 4.79 Å². The molecule has 0 unspecified atom stereocenters. The summed E-state index contributed by atoms with van der Waals surface area (Å²) in [6.45, 7) is 0.755. The maximum atomic E-state index is 11.5. The first-order chi connectivity index (χ1) is 9.29. The zero-order valence-electron chi connectivity index (χ0n) is 10.2. The van der Waals surface area contributed by atoms with Crippen LogP contribution in [-0.4, -0.2) is 45.9 Å². The van der Waals surface area contributed by atoms with Crippen molar-refractivity contribution in [3.8, 4) is 5.69 Å². The fourth-order valence-electron chi connectivity index (χ4n) is 1.42. The van der Waals surface area contributed by atoms with E-state index < -0.39 is 0 Å². The summed E-state index contributed by atoms with van der Waals surface area (Å²) in [5, 5.41) is 13.6. The Morgan fingerprint density at radius 1 is 1.37 bits per heavy atom. The minimum absolute atomic E-state index is 0.00799. The van der Waals surface area contributed by atoms with E-state index in [1.807, 2.05) is 0 Å². The van der Waals surface area contributed by atoms with Crippen LogP contribution < -0.4 is 11.1 Å². The van der Waals surface area contributed by atoms with Crippen LogP contribution in [0.5, 0.6) is 0 Å². The van der Waals surface area contributed by atoms with Crippen molar-refractivity contribution < 1.29 is 9.53 Å². The average molecular weight is 262 g/mol. The average Bonchev–Trinajstić information content (AvgIpc) is 2.94. The van der Waals surface area contributed by atoms with Gasteiger partial charge in [0.1, 0.15) is 12.9 Å². The number of nitrogens with one attached hydrogen (secondary N) is 1. The maximum absolute atomic E-state index is 11.5. The number of nitrogens with two attached hydrogens (primary N) is 1. The van der Waals surface area contributed by atoms with E-state index in [0.717, 1.165) is 5.69 Å². The van der Waals surface area contributed by atoms with Gasteiger partial charge in [-0.3, -0.25) is 4.79 Å². The molecule has 8 nitrogen and oxygen atoms in total. The van der Waals surface area contributed by atoms with Crippen molar-refractivity contribution in [1.82, 2.24) is 20.2 Å². The van der Waals surface area contributed by atoms with Crippen molar-refractivity contribution >= 4 is 11.6 Å². The number of carbonyl (C=O) groups excluding carboxylic acids is 1. The second kappa shape index (κ2) is 6.57. The summed E-state index contributed by atoms with van der Waals surface area (Å²) in [7, 11) is 0. The molecule has 1 amide bonds. The third-order valence-electron chi connectivity index (χ3n) is 2.26. The van der Waals surface area contributed by atoms with Gasteiger partial charge in [-0.2, -0.15) is 0 Å². The summed E-state index contributed by atoms with van der Waals surface area (Å²) >= 11 is 0. The number of aromatic nitrogens is 4. The molecule has 3 N–H and O–H groups in total. The normalized spacial score (nSPS) is 10.4. The van der Waals surface area contributed by atoms with Crippen LogP contribution in [0.2, 0.25) is 0 Å². The lowest BCUT2D eigenvalue weighted by molar-refractivity contribution is -0.120. The highest BCUT2D eigenvalue weighted by Gasteiger charge is 2.03. The largest absolute Gasteiger partial charge is 0.370 e. The summed E-state index contributed by atoms with van der Waals surface area (Å²) in [6, 6.07) is 7.12. The molecule has 0 saturated heterocycles. The molecule has 2 aromatic rings. The standard InChI is InChI=1S/C11H14N6O2/c12-5-6-19-7-11(18)14-9-1-3-10(4-2-9)17-8-13-15-16-17/h1-4,8H,5-7,12H2,(H,14,18). The summed E-state index contributed by atoms with van der Waals surface area (Å²) in [4.78, 5) is 11.5. The molecule has 8 heteroatoms. The van der Waals surface area contributed by atoms with Gasteiger partial charge in [-0.1, -0.05) is 0 Å². The molecule has 0 radical (unpaired) electrons. The number of carbonyl (C=O) groups is 1. The minimum Gasteiger partial charge on any atom is -0.370 e. The first-order valence-corrected chi connectivity index (χ1v) is 5.70. The van der Waals surface area contributed by atoms with Gasteiger partial charge in [0.25, 0.3) is 0 Å². The highest BCUT2D eigenvalue weighted by Crippen LogP contribution is 2.11. The third kappa shape index (κ3) is 3.83. The Morgan fingerprint density at radius 2 is 2.16 bits per heavy atom. The van der Waals surface area contributed by atoms with Crippen LogP contribution in [0.25, 0.3) is 5.69 Å². The highest BCUT2D eigenvalue weighted by molar-refractivity contribution is 5.91. The number of rotatable bonds is 6. The Balaban J connectivity index is 1.90. The number of nitrogens with zero attached hydrogens (tertiary/aromatic N) is 4. The zero-order chi connectivity index (χ0) is 13.5. The van der Waals surface area contributed by atoms with E-state index in [4.69, 9.17) is 10.5 Å². The Morgan fingerprint density at radius 3 is 2.79 bits per heavy atom. The molecule has 0 bridgehead atoms. The highest BCUT2D eigenvalue weighted by atomic mass is 16.5. The number of hydrogen-bond donors (Lipinski definition) is 2. The summed E-state index contributed by atoms with van der Waals surface area (Å²) in [5.41, 5.74) is 6.74. The first-order valence-electron chi connectivity index (χ1n) is 5.70. The quantitative estimate of drug-likeness (QED) is 0.684. The van der Waals surface area contributed by atoms with Crippen LogP contribution in [0.3, 0.4) is 0 Å². The number of amides is 1. The van der Waals surface area contributed by atoms with E-state index in [2.05, 4.69) is 20.8 Å². The van der Waals surface area contributed by atoms with Gasteiger partial charge in [0.2, 0.25) is 5.91 Å². The zero-order valence-corrected chi connectivity index (χ0v) is 10.2. The molecule has 1 heterocycles. The molecule has 0 atom stereocenters. The number of ether oxygens (including phenoxy) is 1. The molecule has 0 saturated carbocycles. The topological polar surface area (TPSA) is 108 Å². The molecule has 1 aromatic heterocycles. The van der Waals surface area contributed by atoms with Crippen molar-refractivity contribution in [3.63, 3.8) is 0 Å². The SMILES string of the molecule is NCCOCC(=O)Nc1ccc(-n2cnnn2)cc1. The lowest BCUT2D eigenvalue weighted by atomic mass is 10.3. The van der Waals surface area contributed by atoms with Crippen molar-refractivity contribution in [2.24, 2.45) is 5.73 Å². The maximum Gasteiger partial charge on any atom is 0.250 e. The Hall–Kier alpha value is -2.32. The van der Waals surface area contributed by atoms with Crippen LogP contribution in [-0.2, 0) is 9.53 Å². The lowest BCUT2D eigenvalue weighted by Crippen LogP contribution is -2.20. The van der Waals surface area contributed by atoms with Gasteiger partial charge in [-0.05, 0) is 34.7 Å². The van der Waals surface area contributed by atoms with Gasteiger partial charge in [0.05, 0.1) is 12.3 Å². The molecule has 0 aliphatic carbocycles. The molecular weight excluding hydrogens is 248 g/mol. The number of benzene rings is 1. The van der Waals surface area contributed by atoms with E-state index in [1.165, 1.54) is 11.0 Å². The summed E-state index contributed by atoms with van der Waals surface area (Å²) in [5.74, 6) is -0.219. The van der Waals surface area contributed by atoms with Crippen molar-refractivity contribution in [2.45, 2.75) is 0 Å². The second-order valence-electron chi connectivity index (χ2n) is 3.69. The monoisotopic (exact) mass is 262 g/mol. The molecule has 2 rings (SSSR count). The van der Waals surface area contributed by atoms with Crippen molar-refractivity contribution in [2.75, 3.05) is 25.1 Å². The number of tetrazole rings is 1. The molecule has 0 fully saturated rings. The second-order valence-corrected chi connectivity index (χ2v) is 3.69. The molecule has 0 aliphatic rings. The lowest BCUT2D eigenvalue weighted by Gasteiger charge is -2.06. The van der Waals surface area contributed by atoms with Crippen LogP contribution in [0.4, 0.5) is 5.69 Å². The predicted molar refractivity (Wildman–Crippen MR) is 67.7 cm³/mol. The van der Waals surface area contributed by atoms with E-state index >= 15 is 0 Å². The van der Waals surface area contributed by atoms with Gasteiger partial charge in [0.15, 0.2) is 0 Å². The Kier molecular flexibility index (Phi) is 4.54. The number of hydrogen-bond acceptors (Lipinski definition) is 6. The molecule has 19 heavy (non-hydrogen) atoms. The molecule has 0 spiro atoms. The van der Waals surface area contributed by atoms with Gasteiger partial charge in [-0.25, -0.2) is 4.68 Å². The van der Waals surface area contributed by atoms with Crippen LogP contribution in [0, 0.1) is 0 Å². The van der Waals surface area contributed by atoms with Crippen molar-refractivity contribution in [3.05, 3.63) is 30.6 Å². The summed E-state index contributed by atoms with van der Waals surface area (Å²) < 4.78 is 6.56. The summed E-state index contributed by atoms with van der Waals surface area (Å²) in [6.07, 6.45) is 1.49.